The highest BCUT2D eigenvalue weighted by Gasteiger charge is 2.32. The van der Waals surface area contributed by atoms with Gasteiger partial charge in [-0.15, -0.1) is 0 Å². The third-order valence-electron chi connectivity index (χ3n) is 4.61. The fourth-order valence-corrected chi connectivity index (χ4v) is 4.28. The molecule has 0 aromatic heterocycles. The van der Waals surface area contributed by atoms with Crippen LogP contribution in [0.3, 0.4) is 0 Å². The van der Waals surface area contributed by atoms with Crippen LogP contribution >= 0.6 is 11.8 Å². The molecule has 1 N–H and O–H groups in total. The SMILES string of the molecule is CSC1CCCC(NCC2CCCN2C(=O)OC(C)(C)C)C1. The number of rotatable bonds is 4. The van der Waals surface area contributed by atoms with E-state index in [4.69, 9.17) is 4.74 Å². The minimum atomic E-state index is -0.410. The molecule has 1 amide bonds. The summed E-state index contributed by atoms with van der Waals surface area (Å²) in [6.45, 7) is 7.53. The Kier molecular flexibility index (Phi) is 6.45. The highest BCUT2D eigenvalue weighted by Crippen LogP contribution is 2.27. The zero-order valence-electron chi connectivity index (χ0n) is 14.6. The predicted molar refractivity (Wildman–Crippen MR) is 93.5 cm³/mol. The van der Waals surface area contributed by atoms with Crippen molar-refractivity contribution in [1.29, 1.82) is 0 Å². The summed E-state index contributed by atoms with van der Waals surface area (Å²) < 4.78 is 5.53. The van der Waals surface area contributed by atoms with Crippen LogP contribution in [0.4, 0.5) is 4.79 Å². The molecule has 128 valence electrons. The topological polar surface area (TPSA) is 41.6 Å². The van der Waals surface area contributed by atoms with Crippen molar-refractivity contribution in [3.63, 3.8) is 0 Å². The van der Waals surface area contributed by atoms with Crippen LogP contribution < -0.4 is 5.32 Å². The molecular weight excluding hydrogens is 296 g/mol. The number of hydrogen-bond donors (Lipinski definition) is 1. The second-order valence-corrected chi connectivity index (χ2v) is 8.74. The van der Waals surface area contributed by atoms with E-state index >= 15 is 0 Å². The van der Waals surface area contributed by atoms with Crippen LogP contribution in [0.1, 0.15) is 59.3 Å². The maximum absolute atomic E-state index is 12.3. The number of carbonyl (C=O) groups excluding carboxylic acids is 1. The molecule has 0 bridgehead atoms. The Labute approximate surface area is 139 Å². The van der Waals surface area contributed by atoms with E-state index in [1.54, 1.807) is 0 Å². The first kappa shape index (κ1) is 17.9. The molecule has 5 heteroatoms. The first-order chi connectivity index (χ1) is 10.4. The normalized spacial score (nSPS) is 29.6. The van der Waals surface area contributed by atoms with Crippen molar-refractivity contribution >= 4 is 17.9 Å². The second kappa shape index (κ2) is 7.91. The summed E-state index contributed by atoms with van der Waals surface area (Å²) in [5.41, 5.74) is -0.410. The lowest BCUT2D eigenvalue weighted by molar-refractivity contribution is 0.0224. The Morgan fingerprint density at radius 1 is 1.27 bits per heavy atom. The Hall–Kier alpha value is -0.420. The van der Waals surface area contributed by atoms with Gasteiger partial charge in [-0.1, -0.05) is 6.42 Å². The van der Waals surface area contributed by atoms with E-state index in [1.165, 1.54) is 25.7 Å². The van der Waals surface area contributed by atoms with E-state index in [9.17, 15) is 4.79 Å². The number of thioether (sulfide) groups is 1. The van der Waals surface area contributed by atoms with E-state index in [1.807, 2.05) is 37.4 Å². The summed E-state index contributed by atoms with van der Waals surface area (Å²) in [7, 11) is 0. The fraction of sp³-hybridized carbons (Fsp3) is 0.941. The van der Waals surface area contributed by atoms with Gasteiger partial charge in [-0.25, -0.2) is 4.79 Å². The molecule has 0 radical (unpaired) electrons. The van der Waals surface area contributed by atoms with Gasteiger partial charge in [-0.05, 0) is 59.1 Å². The third-order valence-corrected chi connectivity index (χ3v) is 5.70. The van der Waals surface area contributed by atoms with Crippen molar-refractivity contribution in [2.75, 3.05) is 19.3 Å². The minimum absolute atomic E-state index is 0.151. The molecule has 2 fully saturated rings. The molecule has 0 aromatic rings. The number of amides is 1. The molecule has 1 aliphatic carbocycles. The molecule has 1 saturated carbocycles. The molecule has 2 aliphatic rings. The lowest BCUT2D eigenvalue weighted by Crippen LogP contribution is -2.47. The van der Waals surface area contributed by atoms with Gasteiger partial charge in [0.2, 0.25) is 0 Å². The highest BCUT2D eigenvalue weighted by molar-refractivity contribution is 7.99. The number of carbonyl (C=O) groups is 1. The molecule has 2 rings (SSSR count). The number of likely N-dealkylation sites (tertiary alicyclic amines) is 1. The Bertz CT molecular complexity index is 370. The molecule has 0 spiro atoms. The lowest BCUT2D eigenvalue weighted by Gasteiger charge is -2.32. The average Bonchev–Trinajstić information content (AvgIpc) is 2.92. The lowest BCUT2D eigenvalue weighted by atomic mass is 9.94. The molecule has 1 saturated heterocycles. The second-order valence-electron chi connectivity index (χ2n) is 7.60. The van der Waals surface area contributed by atoms with Crippen molar-refractivity contribution in [2.45, 2.75) is 82.2 Å². The standard InChI is InChI=1S/C17H32N2O2S/c1-17(2,3)21-16(20)19-10-6-8-14(19)12-18-13-7-5-9-15(11-13)22-4/h13-15,18H,5-12H2,1-4H3. The van der Waals surface area contributed by atoms with E-state index in [0.717, 1.165) is 31.2 Å². The molecule has 3 unspecified atom stereocenters. The summed E-state index contributed by atoms with van der Waals surface area (Å²) in [5.74, 6) is 0. The van der Waals surface area contributed by atoms with Gasteiger partial charge in [0.15, 0.2) is 0 Å². The molecule has 1 aliphatic heterocycles. The van der Waals surface area contributed by atoms with Crippen molar-refractivity contribution in [3.8, 4) is 0 Å². The Balaban J connectivity index is 1.80. The van der Waals surface area contributed by atoms with E-state index in [-0.39, 0.29) is 6.09 Å². The van der Waals surface area contributed by atoms with E-state index in [0.29, 0.717) is 12.1 Å². The largest absolute Gasteiger partial charge is 0.444 e. The zero-order chi connectivity index (χ0) is 16.2. The summed E-state index contributed by atoms with van der Waals surface area (Å²) >= 11 is 1.99. The number of nitrogens with one attached hydrogen (secondary N) is 1. The van der Waals surface area contributed by atoms with Gasteiger partial charge < -0.3 is 15.0 Å². The Morgan fingerprint density at radius 3 is 2.73 bits per heavy atom. The van der Waals surface area contributed by atoms with E-state index in [2.05, 4.69) is 11.6 Å². The zero-order valence-corrected chi connectivity index (χ0v) is 15.4. The van der Waals surface area contributed by atoms with Gasteiger partial charge in [0, 0.05) is 30.4 Å². The van der Waals surface area contributed by atoms with Crippen LogP contribution in [0.25, 0.3) is 0 Å². The summed E-state index contributed by atoms with van der Waals surface area (Å²) in [6.07, 6.45) is 9.46. The number of nitrogens with zero attached hydrogens (tertiary/aromatic N) is 1. The molecular formula is C17H32N2O2S. The van der Waals surface area contributed by atoms with Crippen molar-refractivity contribution in [1.82, 2.24) is 10.2 Å². The molecule has 0 aromatic carbocycles. The predicted octanol–water partition coefficient (Wildman–Crippen LogP) is 3.65. The average molecular weight is 329 g/mol. The quantitative estimate of drug-likeness (QED) is 0.855. The van der Waals surface area contributed by atoms with Gasteiger partial charge >= 0.3 is 6.09 Å². The van der Waals surface area contributed by atoms with Gasteiger partial charge in [-0.2, -0.15) is 11.8 Å². The highest BCUT2D eigenvalue weighted by atomic mass is 32.2. The summed E-state index contributed by atoms with van der Waals surface area (Å²) in [4.78, 5) is 14.2. The monoisotopic (exact) mass is 328 g/mol. The smallest absolute Gasteiger partial charge is 0.410 e. The molecule has 4 nitrogen and oxygen atoms in total. The van der Waals surface area contributed by atoms with E-state index < -0.39 is 5.60 Å². The first-order valence-electron chi connectivity index (χ1n) is 8.65. The fourth-order valence-electron chi connectivity index (χ4n) is 3.46. The minimum Gasteiger partial charge on any atom is -0.444 e. The van der Waals surface area contributed by atoms with Gasteiger partial charge in [0.1, 0.15) is 5.60 Å². The van der Waals surface area contributed by atoms with Crippen LogP contribution in [-0.2, 0) is 4.74 Å². The van der Waals surface area contributed by atoms with Crippen LogP contribution in [0.5, 0.6) is 0 Å². The Morgan fingerprint density at radius 2 is 2.05 bits per heavy atom. The van der Waals surface area contributed by atoms with Crippen molar-refractivity contribution in [2.24, 2.45) is 0 Å². The molecule has 3 atom stereocenters. The first-order valence-corrected chi connectivity index (χ1v) is 9.93. The maximum atomic E-state index is 12.3. The van der Waals surface area contributed by atoms with Crippen LogP contribution in [0.15, 0.2) is 0 Å². The maximum Gasteiger partial charge on any atom is 0.410 e. The van der Waals surface area contributed by atoms with Crippen LogP contribution in [0.2, 0.25) is 0 Å². The number of hydrogen-bond acceptors (Lipinski definition) is 4. The van der Waals surface area contributed by atoms with Gasteiger partial charge in [0.05, 0.1) is 0 Å². The van der Waals surface area contributed by atoms with Crippen LogP contribution in [0, 0.1) is 0 Å². The van der Waals surface area contributed by atoms with Gasteiger partial charge in [-0.3, -0.25) is 0 Å². The summed E-state index contributed by atoms with van der Waals surface area (Å²) in [6, 6.07) is 0.914. The third kappa shape index (κ3) is 5.34. The number of ether oxygens (including phenoxy) is 1. The molecule has 22 heavy (non-hydrogen) atoms. The van der Waals surface area contributed by atoms with Gasteiger partial charge in [0.25, 0.3) is 0 Å². The summed E-state index contributed by atoms with van der Waals surface area (Å²) in [5, 5.41) is 4.52. The molecule has 1 heterocycles. The van der Waals surface area contributed by atoms with Crippen molar-refractivity contribution < 1.29 is 9.53 Å². The van der Waals surface area contributed by atoms with Crippen LogP contribution in [-0.4, -0.2) is 53.3 Å². The van der Waals surface area contributed by atoms with Crippen molar-refractivity contribution in [3.05, 3.63) is 0 Å².